The molecule has 0 aliphatic heterocycles. The van der Waals surface area contributed by atoms with Gasteiger partial charge >= 0.3 is 0 Å². The number of nitrogens with zero attached hydrogens (tertiary/aromatic N) is 4. The standard InChI is InChI=1S/C12H25N5S/c1-4-5-6-7-10-18-12-14-15-16-17(12)9-8-13-11(2)3/h11,13H,4-10H2,1-3H3. The van der Waals surface area contributed by atoms with Gasteiger partial charge in [-0.2, -0.15) is 0 Å². The highest BCUT2D eigenvalue weighted by Gasteiger charge is 2.06. The molecule has 18 heavy (non-hydrogen) atoms. The van der Waals surface area contributed by atoms with Gasteiger partial charge in [-0.05, 0) is 16.8 Å². The zero-order valence-corrected chi connectivity index (χ0v) is 12.5. The molecule has 0 saturated carbocycles. The van der Waals surface area contributed by atoms with Gasteiger partial charge in [-0.1, -0.05) is 51.8 Å². The van der Waals surface area contributed by atoms with E-state index in [1.807, 2.05) is 4.68 Å². The van der Waals surface area contributed by atoms with Gasteiger partial charge in [-0.25, -0.2) is 4.68 Å². The summed E-state index contributed by atoms with van der Waals surface area (Å²) < 4.78 is 1.89. The molecule has 1 rings (SSSR count). The maximum atomic E-state index is 4.07. The average molecular weight is 271 g/mol. The Bertz CT molecular complexity index is 313. The molecule has 1 aromatic heterocycles. The molecule has 104 valence electrons. The predicted octanol–water partition coefficient (Wildman–Crippen LogP) is 2.34. The van der Waals surface area contributed by atoms with Gasteiger partial charge in [-0.3, -0.25) is 0 Å². The molecule has 0 aliphatic rings. The molecule has 1 heterocycles. The number of rotatable bonds is 10. The van der Waals surface area contributed by atoms with Crippen molar-refractivity contribution in [3.63, 3.8) is 0 Å². The molecule has 0 saturated heterocycles. The summed E-state index contributed by atoms with van der Waals surface area (Å²) >= 11 is 1.76. The van der Waals surface area contributed by atoms with Gasteiger partial charge in [0.25, 0.3) is 0 Å². The Labute approximate surface area is 114 Å². The van der Waals surface area contributed by atoms with E-state index in [2.05, 4.69) is 41.6 Å². The largest absolute Gasteiger partial charge is 0.313 e. The fourth-order valence-corrected chi connectivity index (χ4v) is 2.49. The van der Waals surface area contributed by atoms with Gasteiger partial charge in [-0.15, -0.1) is 5.10 Å². The van der Waals surface area contributed by atoms with Gasteiger partial charge < -0.3 is 5.32 Å². The van der Waals surface area contributed by atoms with Crippen LogP contribution in [-0.2, 0) is 6.54 Å². The monoisotopic (exact) mass is 271 g/mol. The van der Waals surface area contributed by atoms with E-state index in [0.29, 0.717) is 6.04 Å². The fourth-order valence-electron chi connectivity index (χ4n) is 1.59. The van der Waals surface area contributed by atoms with Crippen molar-refractivity contribution < 1.29 is 0 Å². The molecule has 0 bridgehead atoms. The summed E-state index contributed by atoms with van der Waals surface area (Å²) in [5.41, 5.74) is 0. The first-order valence-electron chi connectivity index (χ1n) is 6.86. The summed E-state index contributed by atoms with van der Waals surface area (Å²) in [5, 5.41) is 16.2. The molecule has 1 aromatic rings. The summed E-state index contributed by atoms with van der Waals surface area (Å²) in [6.07, 6.45) is 5.16. The van der Waals surface area contributed by atoms with Crippen LogP contribution in [0.1, 0.15) is 46.5 Å². The minimum absolute atomic E-state index is 0.506. The summed E-state index contributed by atoms with van der Waals surface area (Å²) in [5.74, 6) is 1.11. The van der Waals surface area contributed by atoms with Crippen molar-refractivity contribution in [2.45, 2.75) is 64.2 Å². The average Bonchev–Trinajstić information content (AvgIpc) is 2.76. The second-order valence-electron chi connectivity index (χ2n) is 4.70. The van der Waals surface area contributed by atoms with Gasteiger partial charge in [0.1, 0.15) is 0 Å². The van der Waals surface area contributed by atoms with Gasteiger partial charge in [0, 0.05) is 18.3 Å². The highest BCUT2D eigenvalue weighted by Crippen LogP contribution is 2.16. The number of nitrogens with one attached hydrogen (secondary N) is 1. The van der Waals surface area contributed by atoms with Crippen LogP contribution in [0.3, 0.4) is 0 Å². The van der Waals surface area contributed by atoms with Crippen molar-refractivity contribution in [3.8, 4) is 0 Å². The normalized spacial score (nSPS) is 11.3. The van der Waals surface area contributed by atoms with E-state index >= 15 is 0 Å². The molecular weight excluding hydrogens is 246 g/mol. The second-order valence-corrected chi connectivity index (χ2v) is 5.76. The maximum Gasteiger partial charge on any atom is 0.209 e. The topological polar surface area (TPSA) is 55.6 Å². The highest BCUT2D eigenvalue weighted by molar-refractivity contribution is 7.99. The lowest BCUT2D eigenvalue weighted by molar-refractivity contribution is 0.485. The molecule has 0 aromatic carbocycles. The van der Waals surface area contributed by atoms with Crippen LogP contribution in [0.25, 0.3) is 0 Å². The SMILES string of the molecule is CCCCCCSc1nnnn1CCNC(C)C. The van der Waals surface area contributed by atoms with Gasteiger partial charge in [0.15, 0.2) is 0 Å². The smallest absolute Gasteiger partial charge is 0.209 e. The zero-order chi connectivity index (χ0) is 13.2. The van der Waals surface area contributed by atoms with Crippen LogP contribution in [0, 0.1) is 0 Å². The van der Waals surface area contributed by atoms with Crippen molar-refractivity contribution in [3.05, 3.63) is 0 Å². The van der Waals surface area contributed by atoms with Crippen LogP contribution in [0.2, 0.25) is 0 Å². The minimum atomic E-state index is 0.506. The van der Waals surface area contributed by atoms with E-state index in [1.54, 1.807) is 11.8 Å². The number of thioether (sulfide) groups is 1. The van der Waals surface area contributed by atoms with Crippen LogP contribution in [-0.4, -0.2) is 38.5 Å². The van der Waals surface area contributed by atoms with Gasteiger partial charge in [0.05, 0.1) is 6.54 Å². The van der Waals surface area contributed by atoms with Crippen molar-refractivity contribution in [1.29, 1.82) is 0 Å². The minimum Gasteiger partial charge on any atom is -0.313 e. The Kier molecular flexibility index (Phi) is 8.00. The van der Waals surface area contributed by atoms with Gasteiger partial charge in [0.2, 0.25) is 5.16 Å². The molecule has 6 heteroatoms. The number of hydrogen-bond donors (Lipinski definition) is 1. The lowest BCUT2D eigenvalue weighted by Crippen LogP contribution is -2.27. The molecule has 1 N–H and O–H groups in total. The number of unbranched alkanes of at least 4 members (excludes halogenated alkanes) is 3. The highest BCUT2D eigenvalue weighted by atomic mass is 32.2. The zero-order valence-electron chi connectivity index (χ0n) is 11.7. The quantitative estimate of drug-likeness (QED) is 0.523. The Balaban J connectivity index is 2.22. The third-order valence-electron chi connectivity index (χ3n) is 2.60. The van der Waals surface area contributed by atoms with Crippen LogP contribution < -0.4 is 5.32 Å². The van der Waals surface area contributed by atoms with E-state index < -0.39 is 0 Å². The van der Waals surface area contributed by atoms with Crippen LogP contribution in [0.5, 0.6) is 0 Å². The molecule has 0 aliphatic carbocycles. The number of aromatic nitrogens is 4. The number of tetrazole rings is 1. The van der Waals surface area contributed by atoms with Crippen LogP contribution in [0.15, 0.2) is 5.16 Å². The summed E-state index contributed by atoms with van der Waals surface area (Å²) in [7, 11) is 0. The molecule has 0 atom stereocenters. The molecule has 0 spiro atoms. The van der Waals surface area contributed by atoms with E-state index in [4.69, 9.17) is 0 Å². The van der Waals surface area contributed by atoms with Crippen LogP contribution >= 0.6 is 11.8 Å². The van der Waals surface area contributed by atoms with Crippen LogP contribution in [0.4, 0.5) is 0 Å². The second kappa shape index (κ2) is 9.33. The van der Waals surface area contributed by atoms with Crippen molar-refractivity contribution in [1.82, 2.24) is 25.5 Å². The molecule has 0 fully saturated rings. The third kappa shape index (κ3) is 6.35. The van der Waals surface area contributed by atoms with E-state index in [0.717, 1.165) is 24.0 Å². The molecule has 0 radical (unpaired) electrons. The summed E-state index contributed by atoms with van der Waals surface area (Å²) in [6, 6.07) is 0.506. The van der Waals surface area contributed by atoms with E-state index in [-0.39, 0.29) is 0 Å². The fraction of sp³-hybridized carbons (Fsp3) is 0.917. The third-order valence-corrected chi connectivity index (χ3v) is 3.65. The van der Waals surface area contributed by atoms with Crippen molar-refractivity contribution >= 4 is 11.8 Å². The lowest BCUT2D eigenvalue weighted by Gasteiger charge is -2.08. The molecule has 0 amide bonds. The summed E-state index contributed by atoms with van der Waals surface area (Å²) in [4.78, 5) is 0. The number of hydrogen-bond acceptors (Lipinski definition) is 5. The summed E-state index contributed by atoms with van der Waals surface area (Å²) in [6.45, 7) is 8.26. The lowest BCUT2D eigenvalue weighted by atomic mass is 10.2. The first-order chi connectivity index (χ1) is 8.74. The molecule has 0 unspecified atom stereocenters. The van der Waals surface area contributed by atoms with E-state index in [9.17, 15) is 0 Å². The Morgan fingerprint density at radius 2 is 2.11 bits per heavy atom. The molecule has 5 nitrogen and oxygen atoms in total. The molecular formula is C12H25N5S. The van der Waals surface area contributed by atoms with E-state index in [1.165, 1.54) is 25.7 Å². The first-order valence-corrected chi connectivity index (χ1v) is 7.85. The Hall–Kier alpha value is -0.620. The predicted molar refractivity (Wildman–Crippen MR) is 75.8 cm³/mol. The van der Waals surface area contributed by atoms with Crippen molar-refractivity contribution in [2.24, 2.45) is 0 Å². The Morgan fingerprint density at radius 3 is 2.83 bits per heavy atom. The first kappa shape index (κ1) is 15.4. The maximum absolute atomic E-state index is 4.07. The Morgan fingerprint density at radius 1 is 1.28 bits per heavy atom. The van der Waals surface area contributed by atoms with Crippen molar-refractivity contribution in [2.75, 3.05) is 12.3 Å².